The third-order valence-corrected chi connectivity index (χ3v) is 4.33. The Balaban J connectivity index is 2.57. The van der Waals surface area contributed by atoms with Crippen LogP contribution in [0.1, 0.15) is 23.6 Å². The molecule has 0 spiro atoms. The molecule has 4 nitrogen and oxygen atoms in total. The maximum absolute atomic E-state index is 11.2. The van der Waals surface area contributed by atoms with Crippen molar-refractivity contribution in [3.8, 4) is 5.75 Å². The predicted molar refractivity (Wildman–Crippen MR) is 73.6 cm³/mol. The fourth-order valence-corrected chi connectivity index (χ4v) is 2.20. The smallest absolute Gasteiger partial charge is 0.211 e. The van der Waals surface area contributed by atoms with E-state index in [1.165, 1.54) is 5.56 Å². The SMILES string of the molecule is CCS(=O)(=O)NCCOc1c(C)ccc(C)c1C. The van der Waals surface area contributed by atoms with E-state index in [-0.39, 0.29) is 5.75 Å². The van der Waals surface area contributed by atoms with Gasteiger partial charge in [-0.3, -0.25) is 0 Å². The minimum Gasteiger partial charge on any atom is -0.492 e. The zero-order valence-electron chi connectivity index (χ0n) is 11.4. The molecule has 0 aliphatic carbocycles. The van der Waals surface area contributed by atoms with E-state index in [9.17, 15) is 8.42 Å². The van der Waals surface area contributed by atoms with Crippen LogP contribution < -0.4 is 9.46 Å². The Kier molecular flexibility index (Phi) is 5.16. The lowest BCUT2D eigenvalue weighted by Gasteiger charge is -2.14. The Hall–Kier alpha value is -1.07. The predicted octanol–water partition coefficient (Wildman–Crippen LogP) is 1.93. The van der Waals surface area contributed by atoms with E-state index in [0.29, 0.717) is 13.2 Å². The minimum atomic E-state index is -3.13. The van der Waals surface area contributed by atoms with Crippen molar-refractivity contribution in [2.45, 2.75) is 27.7 Å². The molecule has 1 N–H and O–H groups in total. The minimum absolute atomic E-state index is 0.0928. The van der Waals surface area contributed by atoms with Gasteiger partial charge in [0.15, 0.2) is 0 Å². The Morgan fingerprint density at radius 3 is 2.39 bits per heavy atom. The third kappa shape index (κ3) is 3.99. The average molecular weight is 271 g/mol. The van der Waals surface area contributed by atoms with E-state index in [1.807, 2.05) is 26.8 Å². The third-order valence-electron chi connectivity index (χ3n) is 2.92. The van der Waals surface area contributed by atoms with Gasteiger partial charge in [-0.05, 0) is 44.4 Å². The molecule has 1 aromatic rings. The molecule has 0 amide bonds. The molecule has 0 saturated heterocycles. The molecule has 18 heavy (non-hydrogen) atoms. The number of sulfonamides is 1. The molecule has 1 rings (SSSR count). The van der Waals surface area contributed by atoms with E-state index in [4.69, 9.17) is 4.74 Å². The van der Waals surface area contributed by atoms with Crippen LogP contribution in [0.15, 0.2) is 12.1 Å². The quantitative estimate of drug-likeness (QED) is 0.804. The Labute approximate surface area is 109 Å². The van der Waals surface area contributed by atoms with Crippen LogP contribution in [-0.2, 0) is 10.0 Å². The van der Waals surface area contributed by atoms with Crippen molar-refractivity contribution in [1.82, 2.24) is 4.72 Å². The lowest BCUT2D eigenvalue weighted by atomic mass is 10.1. The molecule has 0 atom stereocenters. The number of benzene rings is 1. The normalized spacial score (nSPS) is 11.6. The van der Waals surface area contributed by atoms with Crippen LogP contribution in [0.3, 0.4) is 0 Å². The molecule has 0 saturated carbocycles. The first-order valence-corrected chi connectivity index (χ1v) is 7.69. The van der Waals surface area contributed by atoms with Gasteiger partial charge in [0, 0.05) is 6.54 Å². The molecule has 0 aliphatic heterocycles. The van der Waals surface area contributed by atoms with Crippen LogP contribution in [-0.4, -0.2) is 27.3 Å². The number of hydrogen-bond donors (Lipinski definition) is 1. The Morgan fingerprint density at radius 2 is 1.78 bits per heavy atom. The number of rotatable bonds is 6. The van der Waals surface area contributed by atoms with Gasteiger partial charge in [0.1, 0.15) is 12.4 Å². The molecular formula is C13H21NO3S. The van der Waals surface area contributed by atoms with Crippen molar-refractivity contribution < 1.29 is 13.2 Å². The number of ether oxygens (including phenoxy) is 1. The molecule has 0 aromatic heterocycles. The highest BCUT2D eigenvalue weighted by Crippen LogP contribution is 2.25. The van der Waals surface area contributed by atoms with E-state index in [2.05, 4.69) is 10.8 Å². The monoisotopic (exact) mass is 271 g/mol. The molecule has 0 bridgehead atoms. The first-order valence-electron chi connectivity index (χ1n) is 6.04. The Morgan fingerprint density at radius 1 is 1.17 bits per heavy atom. The van der Waals surface area contributed by atoms with Crippen molar-refractivity contribution in [2.75, 3.05) is 18.9 Å². The fraction of sp³-hybridized carbons (Fsp3) is 0.538. The van der Waals surface area contributed by atoms with Gasteiger partial charge in [0.25, 0.3) is 0 Å². The summed E-state index contributed by atoms with van der Waals surface area (Å²) in [6.07, 6.45) is 0. The van der Waals surface area contributed by atoms with Crippen LogP contribution in [0.5, 0.6) is 5.75 Å². The molecule has 0 unspecified atom stereocenters. The summed E-state index contributed by atoms with van der Waals surface area (Å²) in [5.74, 6) is 0.945. The molecule has 0 aliphatic rings. The van der Waals surface area contributed by atoms with Crippen LogP contribution in [0.25, 0.3) is 0 Å². The molecule has 0 heterocycles. The summed E-state index contributed by atoms with van der Waals surface area (Å²) in [5, 5.41) is 0. The highest BCUT2D eigenvalue weighted by atomic mass is 32.2. The van der Waals surface area contributed by atoms with Crippen LogP contribution >= 0.6 is 0 Å². The average Bonchev–Trinajstić information content (AvgIpc) is 2.33. The van der Waals surface area contributed by atoms with Gasteiger partial charge in [-0.25, -0.2) is 13.1 Å². The maximum Gasteiger partial charge on any atom is 0.211 e. The lowest BCUT2D eigenvalue weighted by Crippen LogP contribution is -2.29. The van der Waals surface area contributed by atoms with Crippen molar-refractivity contribution >= 4 is 10.0 Å². The van der Waals surface area contributed by atoms with Crippen molar-refractivity contribution in [1.29, 1.82) is 0 Å². The second kappa shape index (κ2) is 6.20. The second-order valence-corrected chi connectivity index (χ2v) is 6.40. The molecule has 0 radical (unpaired) electrons. The maximum atomic E-state index is 11.2. The standard InChI is InChI=1S/C13H21NO3S/c1-5-18(15,16)14-8-9-17-13-11(3)7-6-10(2)12(13)4/h6-7,14H,5,8-9H2,1-4H3. The van der Waals surface area contributed by atoms with Gasteiger partial charge in [0.2, 0.25) is 10.0 Å². The van der Waals surface area contributed by atoms with E-state index < -0.39 is 10.0 Å². The van der Waals surface area contributed by atoms with E-state index in [1.54, 1.807) is 6.92 Å². The van der Waals surface area contributed by atoms with E-state index >= 15 is 0 Å². The highest BCUT2D eigenvalue weighted by molar-refractivity contribution is 7.89. The summed E-state index contributed by atoms with van der Waals surface area (Å²) < 4.78 is 30.6. The van der Waals surface area contributed by atoms with Crippen LogP contribution in [0.4, 0.5) is 0 Å². The second-order valence-electron chi connectivity index (χ2n) is 4.30. The number of nitrogens with one attached hydrogen (secondary N) is 1. The topological polar surface area (TPSA) is 55.4 Å². The molecular weight excluding hydrogens is 250 g/mol. The molecule has 5 heteroatoms. The fourth-order valence-electron chi connectivity index (χ4n) is 1.60. The van der Waals surface area contributed by atoms with Crippen molar-refractivity contribution in [3.05, 3.63) is 28.8 Å². The molecule has 1 aromatic carbocycles. The Bertz CT molecular complexity index is 509. The van der Waals surface area contributed by atoms with Crippen molar-refractivity contribution in [3.63, 3.8) is 0 Å². The highest BCUT2D eigenvalue weighted by Gasteiger charge is 2.08. The van der Waals surface area contributed by atoms with Gasteiger partial charge >= 0.3 is 0 Å². The summed E-state index contributed by atoms with van der Waals surface area (Å²) in [7, 11) is -3.13. The van der Waals surface area contributed by atoms with Crippen molar-refractivity contribution in [2.24, 2.45) is 0 Å². The zero-order chi connectivity index (χ0) is 13.8. The lowest BCUT2D eigenvalue weighted by molar-refractivity contribution is 0.318. The van der Waals surface area contributed by atoms with Gasteiger partial charge in [0.05, 0.1) is 5.75 Å². The summed E-state index contributed by atoms with van der Waals surface area (Å²) in [6.45, 7) is 8.26. The van der Waals surface area contributed by atoms with Gasteiger partial charge in [-0.15, -0.1) is 0 Å². The van der Waals surface area contributed by atoms with Gasteiger partial charge in [-0.2, -0.15) is 0 Å². The molecule has 0 fully saturated rings. The zero-order valence-corrected chi connectivity index (χ0v) is 12.2. The van der Waals surface area contributed by atoms with E-state index in [0.717, 1.165) is 16.9 Å². The van der Waals surface area contributed by atoms with Crippen LogP contribution in [0, 0.1) is 20.8 Å². The largest absolute Gasteiger partial charge is 0.492 e. The number of hydrogen-bond acceptors (Lipinski definition) is 3. The van der Waals surface area contributed by atoms with Gasteiger partial charge < -0.3 is 4.74 Å². The first-order chi connectivity index (χ1) is 8.37. The first kappa shape index (κ1) is 15.0. The summed E-state index contributed by atoms with van der Waals surface area (Å²) in [5.41, 5.74) is 3.34. The summed E-state index contributed by atoms with van der Waals surface area (Å²) in [6, 6.07) is 4.06. The van der Waals surface area contributed by atoms with Crippen LogP contribution in [0.2, 0.25) is 0 Å². The summed E-state index contributed by atoms with van der Waals surface area (Å²) in [4.78, 5) is 0. The summed E-state index contributed by atoms with van der Waals surface area (Å²) >= 11 is 0. The molecule has 102 valence electrons. The number of aryl methyl sites for hydroxylation is 2. The van der Waals surface area contributed by atoms with Gasteiger partial charge in [-0.1, -0.05) is 12.1 Å².